The third-order valence-corrected chi connectivity index (χ3v) is 3.07. The summed E-state index contributed by atoms with van der Waals surface area (Å²) >= 11 is 0. The quantitative estimate of drug-likeness (QED) is 0.632. The van der Waals surface area contributed by atoms with Crippen molar-refractivity contribution in [1.29, 1.82) is 0 Å². The lowest BCUT2D eigenvalue weighted by atomic mass is 10.1. The minimum absolute atomic E-state index is 0.689. The molecule has 1 fully saturated rings. The molecular formula is C12H25N. The summed E-state index contributed by atoms with van der Waals surface area (Å²) < 4.78 is 0. The standard InChI is InChI=1S/C12H25N/c1-9(2)13(10(3)4)11(5)8-12-6-7-12/h9-12H,6-8H2,1-5H3. The van der Waals surface area contributed by atoms with Gasteiger partial charge in [-0.2, -0.15) is 0 Å². The van der Waals surface area contributed by atoms with Crippen LogP contribution in [0.5, 0.6) is 0 Å². The Labute approximate surface area is 83.5 Å². The van der Waals surface area contributed by atoms with E-state index in [-0.39, 0.29) is 0 Å². The summed E-state index contributed by atoms with van der Waals surface area (Å²) in [4.78, 5) is 2.64. The van der Waals surface area contributed by atoms with Crippen LogP contribution in [-0.2, 0) is 0 Å². The maximum Gasteiger partial charge on any atom is 0.00749 e. The highest BCUT2D eigenvalue weighted by Gasteiger charge is 2.28. The van der Waals surface area contributed by atoms with Crippen LogP contribution in [0.1, 0.15) is 53.9 Å². The van der Waals surface area contributed by atoms with E-state index in [1.165, 1.54) is 19.3 Å². The van der Waals surface area contributed by atoms with Gasteiger partial charge in [-0.1, -0.05) is 12.8 Å². The van der Waals surface area contributed by atoms with Gasteiger partial charge in [0.15, 0.2) is 0 Å². The molecule has 0 radical (unpaired) electrons. The van der Waals surface area contributed by atoms with E-state index < -0.39 is 0 Å². The van der Waals surface area contributed by atoms with Crippen LogP contribution in [0.2, 0.25) is 0 Å². The summed E-state index contributed by atoms with van der Waals surface area (Å²) in [5.74, 6) is 1.05. The first-order valence-electron chi connectivity index (χ1n) is 5.79. The first-order valence-corrected chi connectivity index (χ1v) is 5.79. The van der Waals surface area contributed by atoms with Crippen molar-refractivity contribution in [3.05, 3.63) is 0 Å². The van der Waals surface area contributed by atoms with Crippen molar-refractivity contribution in [1.82, 2.24) is 4.90 Å². The number of hydrogen-bond donors (Lipinski definition) is 0. The number of nitrogens with zero attached hydrogens (tertiary/aromatic N) is 1. The van der Waals surface area contributed by atoms with Gasteiger partial charge in [-0.15, -0.1) is 0 Å². The Hall–Kier alpha value is -0.0400. The van der Waals surface area contributed by atoms with E-state index >= 15 is 0 Å². The van der Waals surface area contributed by atoms with E-state index in [4.69, 9.17) is 0 Å². The van der Waals surface area contributed by atoms with Gasteiger partial charge in [0.25, 0.3) is 0 Å². The van der Waals surface area contributed by atoms with Crippen LogP contribution in [0.15, 0.2) is 0 Å². The topological polar surface area (TPSA) is 3.24 Å². The Morgan fingerprint density at radius 3 is 1.77 bits per heavy atom. The maximum atomic E-state index is 2.64. The van der Waals surface area contributed by atoms with Crippen molar-refractivity contribution in [2.24, 2.45) is 5.92 Å². The molecule has 1 aliphatic carbocycles. The summed E-state index contributed by atoms with van der Waals surface area (Å²) in [7, 11) is 0. The van der Waals surface area contributed by atoms with Crippen LogP contribution in [0.25, 0.3) is 0 Å². The molecule has 0 bridgehead atoms. The molecule has 0 saturated heterocycles. The largest absolute Gasteiger partial charge is 0.296 e. The Kier molecular flexibility index (Phi) is 3.78. The predicted octanol–water partition coefficient (Wildman–Crippen LogP) is 3.29. The summed E-state index contributed by atoms with van der Waals surface area (Å²) in [6.45, 7) is 11.6. The molecule has 0 aromatic heterocycles. The minimum atomic E-state index is 0.689. The van der Waals surface area contributed by atoms with Gasteiger partial charge in [0.1, 0.15) is 0 Å². The zero-order valence-electron chi connectivity index (χ0n) is 9.88. The van der Waals surface area contributed by atoms with Crippen LogP contribution < -0.4 is 0 Å². The zero-order chi connectivity index (χ0) is 10.0. The van der Waals surface area contributed by atoms with E-state index in [1.807, 2.05) is 0 Å². The van der Waals surface area contributed by atoms with Gasteiger partial charge in [-0.05, 0) is 47.0 Å². The highest BCUT2D eigenvalue weighted by Crippen LogP contribution is 2.35. The fraction of sp³-hybridized carbons (Fsp3) is 1.00. The second kappa shape index (κ2) is 4.45. The monoisotopic (exact) mass is 183 g/mol. The van der Waals surface area contributed by atoms with Gasteiger partial charge in [0, 0.05) is 18.1 Å². The fourth-order valence-corrected chi connectivity index (χ4v) is 2.57. The molecule has 0 N–H and O–H groups in total. The second-order valence-electron chi connectivity index (χ2n) is 5.16. The van der Waals surface area contributed by atoms with E-state index in [1.54, 1.807) is 0 Å². The molecule has 0 spiro atoms. The summed E-state index contributed by atoms with van der Waals surface area (Å²) in [6.07, 6.45) is 4.37. The van der Waals surface area contributed by atoms with Crippen LogP contribution in [0, 0.1) is 5.92 Å². The average Bonchev–Trinajstić information content (AvgIpc) is 2.68. The fourth-order valence-electron chi connectivity index (χ4n) is 2.57. The molecule has 1 aliphatic rings. The van der Waals surface area contributed by atoms with Gasteiger partial charge < -0.3 is 0 Å². The molecule has 1 saturated carbocycles. The number of hydrogen-bond acceptors (Lipinski definition) is 1. The summed E-state index contributed by atoms with van der Waals surface area (Å²) in [5.41, 5.74) is 0. The van der Waals surface area contributed by atoms with Crippen molar-refractivity contribution >= 4 is 0 Å². The molecule has 0 aromatic rings. The van der Waals surface area contributed by atoms with E-state index in [0.29, 0.717) is 12.1 Å². The molecule has 78 valence electrons. The second-order valence-corrected chi connectivity index (χ2v) is 5.16. The van der Waals surface area contributed by atoms with Crippen LogP contribution in [0.4, 0.5) is 0 Å². The predicted molar refractivity (Wildman–Crippen MR) is 58.9 cm³/mol. The Bertz CT molecular complexity index is 139. The molecule has 1 unspecified atom stereocenters. The average molecular weight is 183 g/mol. The van der Waals surface area contributed by atoms with Gasteiger partial charge in [-0.25, -0.2) is 0 Å². The third-order valence-electron chi connectivity index (χ3n) is 3.07. The van der Waals surface area contributed by atoms with Crippen LogP contribution in [0.3, 0.4) is 0 Å². The lowest BCUT2D eigenvalue weighted by Gasteiger charge is -2.36. The van der Waals surface area contributed by atoms with Gasteiger partial charge in [0.05, 0.1) is 0 Å². The van der Waals surface area contributed by atoms with Crippen LogP contribution >= 0.6 is 0 Å². The third kappa shape index (κ3) is 3.30. The minimum Gasteiger partial charge on any atom is -0.296 e. The van der Waals surface area contributed by atoms with Crippen molar-refractivity contribution in [3.63, 3.8) is 0 Å². The molecule has 13 heavy (non-hydrogen) atoms. The van der Waals surface area contributed by atoms with Crippen molar-refractivity contribution in [2.45, 2.75) is 72.0 Å². The highest BCUT2D eigenvalue weighted by molar-refractivity contribution is 4.82. The van der Waals surface area contributed by atoms with Crippen LogP contribution in [-0.4, -0.2) is 23.0 Å². The first kappa shape index (κ1) is 11.0. The number of rotatable bonds is 5. The van der Waals surface area contributed by atoms with Crippen molar-refractivity contribution in [3.8, 4) is 0 Å². The van der Waals surface area contributed by atoms with Crippen molar-refractivity contribution in [2.75, 3.05) is 0 Å². The molecule has 0 aromatic carbocycles. The van der Waals surface area contributed by atoms with E-state index in [9.17, 15) is 0 Å². The smallest absolute Gasteiger partial charge is 0.00749 e. The Morgan fingerprint density at radius 1 is 1.00 bits per heavy atom. The lowest BCUT2D eigenvalue weighted by Crippen LogP contribution is -2.43. The highest BCUT2D eigenvalue weighted by atomic mass is 15.2. The Balaban J connectivity index is 2.41. The molecule has 1 rings (SSSR count). The maximum absolute atomic E-state index is 2.64. The summed E-state index contributed by atoms with van der Waals surface area (Å²) in [5, 5.41) is 0. The molecule has 0 heterocycles. The lowest BCUT2D eigenvalue weighted by molar-refractivity contribution is 0.113. The molecule has 1 heteroatoms. The summed E-state index contributed by atoms with van der Waals surface area (Å²) in [6, 6.07) is 2.15. The van der Waals surface area contributed by atoms with Gasteiger partial charge in [-0.3, -0.25) is 4.90 Å². The normalized spacial score (nSPS) is 20.3. The van der Waals surface area contributed by atoms with E-state index in [2.05, 4.69) is 39.5 Å². The zero-order valence-corrected chi connectivity index (χ0v) is 9.88. The molecule has 0 aliphatic heterocycles. The molecule has 1 nitrogen and oxygen atoms in total. The SMILES string of the molecule is CC(C)N(C(C)C)C(C)CC1CC1. The van der Waals surface area contributed by atoms with Gasteiger partial charge in [0.2, 0.25) is 0 Å². The molecular weight excluding hydrogens is 158 g/mol. The van der Waals surface area contributed by atoms with Gasteiger partial charge >= 0.3 is 0 Å². The Morgan fingerprint density at radius 2 is 1.46 bits per heavy atom. The molecule has 0 amide bonds. The molecule has 1 atom stereocenters. The first-order chi connectivity index (χ1) is 6.02. The van der Waals surface area contributed by atoms with Crippen molar-refractivity contribution < 1.29 is 0 Å². The van der Waals surface area contributed by atoms with E-state index in [0.717, 1.165) is 12.0 Å².